The Balaban J connectivity index is 2.71. The molecule has 1 aromatic carbocycles. The third kappa shape index (κ3) is 6.49. The first-order valence-electron chi connectivity index (χ1n) is 8.02. The Morgan fingerprint density at radius 3 is 2.19 bits per heavy atom. The fraction of sp³-hybridized carbons (Fsp3) is 0.667. The first kappa shape index (κ1) is 18.0. The van der Waals surface area contributed by atoms with Crippen LogP contribution in [0.15, 0.2) is 24.3 Å². The van der Waals surface area contributed by atoms with Crippen LogP contribution in [-0.2, 0) is 4.74 Å². The molecule has 0 aliphatic heterocycles. The molecule has 0 fully saturated rings. The summed E-state index contributed by atoms with van der Waals surface area (Å²) in [6, 6.07) is 8.52. The van der Waals surface area contributed by atoms with Gasteiger partial charge in [0.1, 0.15) is 5.75 Å². The van der Waals surface area contributed by atoms with Crippen LogP contribution in [0.5, 0.6) is 5.75 Å². The van der Waals surface area contributed by atoms with Gasteiger partial charge in [0.05, 0.1) is 24.4 Å². The van der Waals surface area contributed by atoms with Gasteiger partial charge in [0.15, 0.2) is 0 Å². The molecule has 1 rings (SSSR count). The maximum absolute atomic E-state index is 6.05. The van der Waals surface area contributed by atoms with Crippen LogP contribution in [0, 0.1) is 0 Å². The monoisotopic (exact) mass is 293 g/mol. The van der Waals surface area contributed by atoms with Crippen LogP contribution >= 0.6 is 0 Å². The molecular formula is C18H31NO2. The predicted octanol–water partition coefficient (Wildman–Crippen LogP) is 4.33. The van der Waals surface area contributed by atoms with E-state index in [1.807, 2.05) is 26.0 Å². The Labute approximate surface area is 130 Å². The minimum atomic E-state index is -0.0750. The van der Waals surface area contributed by atoms with Crippen molar-refractivity contribution in [1.82, 2.24) is 5.32 Å². The number of likely N-dealkylation sites (N-methyl/N-ethyl adjacent to an activating group) is 1. The van der Waals surface area contributed by atoms with E-state index in [0.717, 1.165) is 18.7 Å². The van der Waals surface area contributed by atoms with Gasteiger partial charge in [0.2, 0.25) is 0 Å². The fourth-order valence-corrected chi connectivity index (χ4v) is 1.98. The number of hydrogen-bond acceptors (Lipinski definition) is 3. The van der Waals surface area contributed by atoms with E-state index in [1.165, 1.54) is 5.56 Å². The standard InChI is InChI=1S/C18H31NO2/c1-7-18(5,6)20-13-17(19-8-2)15-9-11-16(12-10-15)21-14(3)4/h9-12,14,17,19H,7-8,13H2,1-6H3. The zero-order valence-electron chi connectivity index (χ0n) is 14.4. The molecule has 0 aromatic heterocycles. The summed E-state index contributed by atoms with van der Waals surface area (Å²) in [5, 5.41) is 3.49. The molecule has 0 saturated heterocycles. The van der Waals surface area contributed by atoms with Crippen molar-refractivity contribution < 1.29 is 9.47 Å². The second-order valence-corrected chi connectivity index (χ2v) is 6.27. The van der Waals surface area contributed by atoms with Crippen LogP contribution in [0.1, 0.15) is 59.6 Å². The highest BCUT2D eigenvalue weighted by Gasteiger charge is 2.19. The van der Waals surface area contributed by atoms with E-state index >= 15 is 0 Å². The molecule has 3 nitrogen and oxygen atoms in total. The van der Waals surface area contributed by atoms with Crippen molar-refractivity contribution in [2.24, 2.45) is 0 Å². The Kier molecular flexibility index (Phi) is 7.20. The molecule has 0 saturated carbocycles. The number of hydrogen-bond donors (Lipinski definition) is 1. The van der Waals surface area contributed by atoms with Gasteiger partial charge in [-0.3, -0.25) is 0 Å². The van der Waals surface area contributed by atoms with Crippen molar-refractivity contribution in [1.29, 1.82) is 0 Å². The molecule has 0 heterocycles. The number of rotatable bonds is 9. The number of nitrogens with one attached hydrogen (secondary N) is 1. The molecule has 0 aliphatic rings. The average Bonchev–Trinajstić information content (AvgIpc) is 2.44. The predicted molar refractivity (Wildman–Crippen MR) is 88.9 cm³/mol. The molecule has 120 valence electrons. The topological polar surface area (TPSA) is 30.5 Å². The van der Waals surface area contributed by atoms with E-state index in [-0.39, 0.29) is 17.7 Å². The lowest BCUT2D eigenvalue weighted by Crippen LogP contribution is -2.31. The molecule has 1 aromatic rings. The summed E-state index contributed by atoms with van der Waals surface area (Å²) in [6.45, 7) is 14.2. The van der Waals surface area contributed by atoms with Crippen LogP contribution in [0.3, 0.4) is 0 Å². The third-order valence-electron chi connectivity index (χ3n) is 3.60. The first-order chi connectivity index (χ1) is 9.88. The van der Waals surface area contributed by atoms with Gasteiger partial charge in [0, 0.05) is 0 Å². The van der Waals surface area contributed by atoms with Gasteiger partial charge in [-0.2, -0.15) is 0 Å². The highest BCUT2D eigenvalue weighted by atomic mass is 16.5. The van der Waals surface area contributed by atoms with Gasteiger partial charge in [-0.1, -0.05) is 26.0 Å². The summed E-state index contributed by atoms with van der Waals surface area (Å²) in [5.74, 6) is 0.916. The van der Waals surface area contributed by atoms with Crippen LogP contribution in [0.25, 0.3) is 0 Å². The second-order valence-electron chi connectivity index (χ2n) is 6.27. The summed E-state index contributed by atoms with van der Waals surface area (Å²) in [4.78, 5) is 0. The molecule has 0 radical (unpaired) electrons. The minimum Gasteiger partial charge on any atom is -0.491 e. The molecule has 0 spiro atoms. The summed E-state index contributed by atoms with van der Waals surface area (Å²) < 4.78 is 11.7. The maximum Gasteiger partial charge on any atom is 0.119 e. The minimum absolute atomic E-state index is 0.0750. The highest BCUT2D eigenvalue weighted by molar-refractivity contribution is 5.29. The van der Waals surface area contributed by atoms with Crippen LogP contribution in [0.2, 0.25) is 0 Å². The summed E-state index contributed by atoms with van der Waals surface area (Å²) >= 11 is 0. The van der Waals surface area contributed by atoms with E-state index in [9.17, 15) is 0 Å². The smallest absolute Gasteiger partial charge is 0.119 e. The van der Waals surface area contributed by atoms with Crippen molar-refractivity contribution >= 4 is 0 Å². The van der Waals surface area contributed by atoms with E-state index in [1.54, 1.807) is 0 Å². The molecule has 0 amide bonds. The van der Waals surface area contributed by atoms with E-state index in [2.05, 4.69) is 45.1 Å². The zero-order chi connectivity index (χ0) is 15.9. The van der Waals surface area contributed by atoms with Crippen LogP contribution in [-0.4, -0.2) is 24.9 Å². The van der Waals surface area contributed by atoms with E-state index in [0.29, 0.717) is 6.61 Å². The SMILES string of the molecule is CCNC(COC(C)(C)CC)c1ccc(OC(C)C)cc1. The Bertz CT molecular complexity index is 398. The Morgan fingerprint density at radius 2 is 1.71 bits per heavy atom. The molecule has 1 N–H and O–H groups in total. The van der Waals surface area contributed by atoms with Crippen molar-refractivity contribution in [2.75, 3.05) is 13.2 Å². The van der Waals surface area contributed by atoms with Gasteiger partial charge >= 0.3 is 0 Å². The fourth-order valence-electron chi connectivity index (χ4n) is 1.98. The number of benzene rings is 1. The van der Waals surface area contributed by atoms with Crippen molar-refractivity contribution in [3.05, 3.63) is 29.8 Å². The van der Waals surface area contributed by atoms with Gasteiger partial charge in [-0.25, -0.2) is 0 Å². The first-order valence-corrected chi connectivity index (χ1v) is 8.02. The third-order valence-corrected chi connectivity index (χ3v) is 3.60. The largest absolute Gasteiger partial charge is 0.491 e. The lowest BCUT2D eigenvalue weighted by molar-refractivity contribution is -0.0306. The normalized spacial score (nSPS) is 13.5. The molecule has 21 heavy (non-hydrogen) atoms. The van der Waals surface area contributed by atoms with Gasteiger partial charge in [-0.05, 0) is 58.4 Å². The molecule has 1 atom stereocenters. The van der Waals surface area contributed by atoms with Gasteiger partial charge in [-0.15, -0.1) is 0 Å². The zero-order valence-corrected chi connectivity index (χ0v) is 14.4. The van der Waals surface area contributed by atoms with E-state index < -0.39 is 0 Å². The maximum atomic E-state index is 6.05. The van der Waals surface area contributed by atoms with Crippen molar-refractivity contribution in [3.63, 3.8) is 0 Å². The molecular weight excluding hydrogens is 262 g/mol. The van der Waals surface area contributed by atoms with Crippen molar-refractivity contribution in [3.8, 4) is 5.75 Å². The quantitative estimate of drug-likeness (QED) is 0.735. The molecule has 0 bridgehead atoms. The Morgan fingerprint density at radius 1 is 1.10 bits per heavy atom. The van der Waals surface area contributed by atoms with Crippen LogP contribution in [0.4, 0.5) is 0 Å². The highest BCUT2D eigenvalue weighted by Crippen LogP contribution is 2.22. The van der Waals surface area contributed by atoms with Gasteiger partial charge in [0.25, 0.3) is 0 Å². The lowest BCUT2D eigenvalue weighted by atomic mass is 10.0. The van der Waals surface area contributed by atoms with Crippen LogP contribution < -0.4 is 10.1 Å². The lowest BCUT2D eigenvalue weighted by Gasteiger charge is -2.27. The molecule has 0 aliphatic carbocycles. The second kappa shape index (κ2) is 8.40. The average molecular weight is 293 g/mol. The van der Waals surface area contributed by atoms with Gasteiger partial charge < -0.3 is 14.8 Å². The summed E-state index contributed by atoms with van der Waals surface area (Å²) in [5.41, 5.74) is 1.16. The molecule has 1 unspecified atom stereocenters. The summed E-state index contributed by atoms with van der Waals surface area (Å²) in [6.07, 6.45) is 1.21. The Hall–Kier alpha value is -1.06. The number of ether oxygens (including phenoxy) is 2. The molecule has 3 heteroatoms. The summed E-state index contributed by atoms with van der Waals surface area (Å²) in [7, 11) is 0. The van der Waals surface area contributed by atoms with E-state index in [4.69, 9.17) is 9.47 Å². The van der Waals surface area contributed by atoms with Crippen molar-refractivity contribution in [2.45, 2.75) is 65.7 Å².